The normalized spacial score (nSPS) is 15.0. The summed E-state index contributed by atoms with van der Waals surface area (Å²) in [6.07, 6.45) is 3.18. The Morgan fingerprint density at radius 1 is 1.39 bits per heavy atom. The van der Waals surface area contributed by atoms with Crippen molar-refractivity contribution in [1.82, 2.24) is 4.90 Å². The van der Waals surface area contributed by atoms with Gasteiger partial charge in [0, 0.05) is 13.1 Å². The predicted molar refractivity (Wildman–Crippen MR) is 89.8 cm³/mol. The largest absolute Gasteiger partial charge is 0.382 e. The van der Waals surface area contributed by atoms with Crippen molar-refractivity contribution in [1.29, 1.82) is 10.7 Å². The van der Waals surface area contributed by atoms with Crippen molar-refractivity contribution in [2.24, 2.45) is 10.8 Å². The second kappa shape index (κ2) is 7.61. The van der Waals surface area contributed by atoms with Gasteiger partial charge in [0.05, 0.1) is 16.3 Å². The summed E-state index contributed by atoms with van der Waals surface area (Å²) < 4.78 is 0. The monoisotopic (exact) mass is 332 g/mol. The average Bonchev–Trinajstić information content (AvgIpc) is 2.55. The zero-order chi connectivity index (χ0) is 16.8. The van der Waals surface area contributed by atoms with E-state index in [1.807, 2.05) is 0 Å². The lowest BCUT2D eigenvalue weighted by Crippen LogP contribution is -2.35. The molecule has 1 aliphatic rings. The number of nitrogens with one attached hydrogen (secondary N) is 2. The number of nitriles is 1. The summed E-state index contributed by atoms with van der Waals surface area (Å²) in [5.41, 5.74) is 8.51. The van der Waals surface area contributed by atoms with Crippen LogP contribution in [0.4, 0.5) is 5.69 Å². The van der Waals surface area contributed by atoms with Gasteiger partial charge >= 0.3 is 0 Å². The van der Waals surface area contributed by atoms with E-state index in [9.17, 15) is 4.79 Å². The number of hydrogen-bond donors (Lipinski definition) is 3. The molecule has 1 heterocycles. The lowest BCUT2D eigenvalue weighted by Gasteiger charge is -2.27. The minimum absolute atomic E-state index is 0.0776. The molecule has 2 rings (SSSR count). The first-order valence-corrected chi connectivity index (χ1v) is 7.57. The quantitative estimate of drug-likeness (QED) is 0.445. The summed E-state index contributed by atoms with van der Waals surface area (Å²) in [7, 11) is 0. The number of carbonyl (C=O) groups is 1. The third-order valence-electron chi connectivity index (χ3n) is 3.50. The molecular formula is C15H17ClN6O. The predicted octanol–water partition coefficient (Wildman–Crippen LogP) is 2.19. The highest BCUT2D eigenvalue weighted by Gasteiger charge is 2.20. The SMILES string of the molecule is N#C/C(=N\Nc1ccc(C(=O)N2CCCCC2)c(Cl)c1)C(=N)N. The van der Waals surface area contributed by atoms with E-state index in [0.29, 0.717) is 16.3 Å². The molecule has 0 atom stereocenters. The molecule has 0 saturated carbocycles. The van der Waals surface area contributed by atoms with Crippen LogP contribution in [0, 0.1) is 16.7 Å². The van der Waals surface area contributed by atoms with Crippen LogP contribution in [0.5, 0.6) is 0 Å². The highest BCUT2D eigenvalue weighted by molar-refractivity contribution is 6.45. The molecule has 1 saturated heterocycles. The molecule has 8 heteroatoms. The Balaban J connectivity index is 2.13. The van der Waals surface area contributed by atoms with Crippen molar-refractivity contribution in [3.05, 3.63) is 28.8 Å². The summed E-state index contributed by atoms with van der Waals surface area (Å²) in [6, 6.07) is 6.52. The van der Waals surface area contributed by atoms with Crippen LogP contribution < -0.4 is 11.2 Å². The number of nitrogens with two attached hydrogens (primary N) is 1. The van der Waals surface area contributed by atoms with Crippen LogP contribution in [0.25, 0.3) is 0 Å². The first-order chi connectivity index (χ1) is 11.0. The van der Waals surface area contributed by atoms with E-state index in [-0.39, 0.29) is 11.6 Å². The smallest absolute Gasteiger partial charge is 0.255 e. The molecule has 0 unspecified atom stereocenters. The topological polar surface area (TPSA) is 118 Å². The number of piperidine rings is 1. The Labute approximate surface area is 139 Å². The van der Waals surface area contributed by atoms with Gasteiger partial charge in [-0.1, -0.05) is 11.6 Å². The maximum absolute atomic E-state index is 12.4. The van der Waals surface area contributed by atoms with Gasteiger partial charge in [-0.15, -0.1) is 0 Å². The maximum Gasteiger partial charge on any atom is 0.255 e. The fraction of sp³-hybridized carbons (Fsp3) is 0.333. The Morgan fingerprint density at radius 3 is 2.65 bits per heavy atom. The molecule has 120 valence electrons. The standard InChI is InChI=1S/C15H17ClN6O/c16-12-8-10(20-21-13(9-17)14(18)19)4-5-11(12)15(23)22-6-2-1-3-7-22/h4-5,8,20H,1-3,6-7H2,(H3,18,19)/b21-13+. The molecule has 0 bridgehead atoms. The number of hydrogen-bond acceptors (Lipinski definition) is 5. The van der Waals surface area contributed by atoms with Gasteiger partial charge in [-0.3, -0.25) is 15.6 Å². The van der Waals surface area contributed by atoms with Crippen LogP contribution >= 0.6 is 11.6 Å². The Kier molecular flexibility index (Phi) is 5.55. The molecule has 0 radical (unpaired) electrons. The van der Waals surface area contributed by atoms with Crippen LogP contribution in [-0.4, -0.2) is 35.4 Å². The van der Waals surface area contributed by atoms with E-state index in [1.165, 1.54) is 0 Å². The Bertz CT molecular complexity index is 688. The lowest BCUT2D eigenvalue weighted by atomic mass is 10.1. The zero-order valence-corrected chi connectivity index (χ0v) is 13.2. The van der Waals surface area contributed by atoms with Gasteiger partial charge < -0.3 is 10.6 Å². The van der Waals surface area contributed by atoms with Gasteiger partial charge in [0.25, 0.3) is 5.91 Å². The number of benzene rings is 1. The minimum atomic E-state index is -0.428. The van der Waals surface area contributed by atoms with Crippen LogP contribution in [0.2, 0.25) is 5.02 Å². The number of likely N-dealkylation sites (tertiary alicyclic amines) is 1. The highest BCUT2D eigenvalue weighted by Crippen LogP contribution is 2.23. The number of nitrogens with zero attached hydrogens (tertiary/aromatic N) is 3. The minimum Gasteiger partial charge on any atom is -0.382 e. The fourth-order valence-corrected chi connectivity index (χ4v) is 2.55. The molecule has 23 heavy (non-hydrogen) atoms. The Hall–Kier alpha value is -2.59. The molecule has 0 aromatic heterocycles. The molecule has 1 fully saturated rings. The fourth-order valence-electron chi connectivity index (χ4n) is 2.29. The van der Waals surface area contributed by atoms with E-state index >= 15 is 0 Å². The van der Waals surface area contributed by atoms with Gasteiger partial charge in [-0.25, -0.2) is 0 Å². The van der Waals surface area contributed by atoms with E-state index < -0.39 is 5.84 Å². The van der Waals surface area contributed by atoms with Crippen molar-refractivity contribution < 1.29 is 4.79 Å². The first kappa shape index (κ1) is 16.8. The van der Waals surface area contributed by atoms with E-state index in [1.54, 1.807) is 29.2 Å². The third-order valence-corrected chi connectivity index (χ3v) is 3.81. The summed E-state index contributed by atoms with van der Waals surface area (Å²) >= 11 is 6.19. The third kappa shape index (κ3) is 4.20. The van der Waals surface area contributed by atoms with Gasteiger partial charge in [-0.2, -0.15) is 10.4 Å². The van der Waals surface area contributed by atoms with Gasteiger partial charge in [0.2, 0.25) is 5.71 Å². The highest BCUT2D eigenvalue weighted by atomic mass is 35.5. The number of hydrazone groups is 1. The van der Waals surface area contributed by atoms with Crippen LogP contribution in [0.1, 0.15) is 29.6 Å². The van der Waals surface area contributed by atoms with Crippen molar-refractivity contribution in [3.8, 4) is 6.07 Å². The summed E-state index contributed by atoms with van der Waals surface area (Å²) in [4.78, 5) is 14.2. The van der Waals surface area contributed by atoms with Crippen LogP contribution in [0.15, 0.2) is 23.3 Å². The number of halogens is 1. The summed E-state index contributed by atoms with van der Waals surface area (Å²) in [5, 5.41) is 20.0. The van der Waals surface area contributed by atoms with Crippen LogP contribution in [0.3, 0.4) is 0 Å². The zero-order valence-electron chi connectivity index (χ0n) is 12.5. The van der Waals surface area contributed by atoms with E-state index in [0.717, 1.165) is 32.4 Å². The molecule has 1 amide bonds. The van der Waals surface area contributed by atoms with Gasteiger partial charge in [-0.05, 0) is 37.5 Å². The number of carbonyl (C=O) groups excluding carboxylic acids is 1. The molecule has 0 spiro atoms. The van der Waals surface area contributed by atoms with Crippen LogP contribution in [-0.2, 0) is 0 Å². The molecule has 1 aromatic rings. The molecule has 0 aliphatic carbocycles. The van der Waals surface area contributed by atoms with Crippen molar-refractivity contribution in [2.75, 3.05) is 18.5 Å². The summed E-state index contributed by atoms with van der Waals surface area (Å²) in [5.74, 6) is -0.505. The Morgan fingerprint density at radius 2 is 2.09 bits per heavy atom. The van der Waals surface area contributed by atoms with E-state index in [2.05, 4.69) is 10.5 Å². The second-order valence-electron chi connectivity index (χ2n) is 5.15. The molecule has 1 aliphatic heterocycles. The number of amides is 1. The van der Waals surface area contributed by atoms with Crippen molar-refractivity contribution in [3.63, 3.8) is 0 Å². The lowest BCUT2D eigenvalue weighted by molar-refractivity contribution is 0.0724. The average molecular weight is 333 g/mol. The first-order valence-electron chi connectivity index (χ1n) is 7.20. The second-order valence-corrected chi connectivity index (χ2v) is 5.55. The van der Waals surface area contributed by atoms with E-state index in [4.69, 9.17) is 28.0 Å². The summed E-state index contributed by atoms with van der Waals surface area (Å²) in [6.45, 7) is 1.51. The molecular weight excluding hydrogens is 316 g/mol. The number of anilines is 1. The van der Waals surface area contributed by atoms with Gasteiger partial charge in [0.1, 0.15) is 6.07 Å². The molecule has 4 N–H and O–H groups in total. The van der Waals surface area contributed by atoms with Crippen molar-refractivity contribution >= 4 is 34.7 Å². The number of amidine groups is 1. The maximum atomic E-state index is 12.4. The number of rotatable bonds is 4. The molecule has 7 nitrogen and oxygen atoms in total. The van der Waals surface area contributed by atoms with Crippen molar-refractivity contribution in [2.45, 2.75) is 19.3 Å². The molecule has 1 aromatic carbocycles. The van der Waals surface area contributed by atoms with Gasteiger partial charge in [0.15, 0.2) is 5.84 Å².